The topological polar surface area (TPSA) is 98.0 Å². The van der Waals surface area contributed by atoms with E-state index in [4.69, 9.17) is 0 Å². The first kappa shape index (κ1) is 16.0. The number of nitro benzene ring substituents is 1. The Balaban J connectivity index is 1.66. The zero-order valence-electron chi connectivity index (χ0n) is 12.1. The number of thiophene rings is 1. The Kier molecular flexibility index (Phi) is 4.73. The van der Waals surface area contributed by atoms with E-state index in [1.807, 2.05) is 17.5 Å². The SMILES string of the molecule is O=C(/C=C/c1cccs1)Nc1nnc(-c2ccc([N+](=O)[O-])cc2)s1. The van der Waals surface area contributed by atoms with Crippen LogP contribution in [0.25, 0.3) is 16.6 Å². The predicted molar refractivity (Wildman–Crippen MR) is 94.0 cm³/mol. The Morgan fingerprint density at radius 2 is 2.00 bits per heavy atom. The number of non-ortho nitro benzene ring substituents is 1. The fourth-order valence-corrected chi connectivity index (χ4v) is 3.18. The number of carbonyl (C=O) groups excluding carboxylic acids is 1. The Morgan fingerprint density at radius 1 is 1.21 bits per heavy atom. The fraction of sp³-hybridized carbons (Fsp3) is 0. The summed E-state index contributed by atoms with van der Waals surface area (Å²) >= 11 is 2.73. The highest BCUT2D eigenvalue weighted by molar-refractivity contribution is 7.18. The van der Waals surface area contributed by atoms with E-state index in [2.05, 4.69) is 15.5 Å². The summed E-state index contributed by atoms with van der Waals surface area (Å²) in [6.45, 7) is 0. The molecule has 0 bridgehead atoms. The maximum Gasteiger partial charge on any atom is 0.269 e. The highest BCUT2D eigenvalue weighted by Crippen LogP contribution is 2.27. The summed E-state index contributed by atoms with van der Waals surface area (Å²) in [7, 11) is 0. The number of benzene rings is 1. The molecule has 9 heteroatoms. The summed E-state index contributed by atoms with van der Waals surface area (Å²) in [5.74, 6) is -0.296. The number of amides is 1. The maximum atomic E-state index is 11.8. The van der Waals surface area contributed by atoms with Crippen molar-refractivity contribution >= 4 is 45.5 Å². The molecule has 3 rings (SSSR count). The van der Waals surface area contributed by atoms with E-state index < -0.39 is 4.92 Å². The van der Waals surface area contributed by atoms with Gasteiger partial charge in [0.25, 0.3) is 5.69 Å². The minimum absolute atomic E-state index is 0.00973. The van der Waals surface area contributed by atoms with Gasteiger partial charge in [-0.2, -0.15) is 0 Å². The van der Waals surface area contributed by atoms with E-state index >= 15 is 0 Å². The Morgan fingerprint density at radius 3 is 2.67 bits per heavy atom. The monoisotopic (exact) mass is 358 g/mol. The quantitative estimate of drug-likeness (QED) is 0.425. The molecule has 1 aromatic carbocycles. The number of hydrogen-bond acceptors (Lipinski definition) is 7. The molecule has 2 heterocycles. The summed E-state index contributed by atoms with van der Waals surface area (Å²) in [6, 6.07) is 9.81. The van der Waals surface area contributed by atoms with Crippen LogP contribution < -0.4 is 5.32 Å². The van der Waals surface area contributed by atoms with Gasteiger partial charge in [0.2, 0.25) is 11.0 Å². The molecule has 0 aliphatic heterocycles. The molecule has 0 radical (unpaired) electrons. The number of hydrogen-bond donors (Lipinski definition) is 1. The minimum atomic E-state index is -0.463. The maximum absolute atomic E-state index is 11.8. The van der Waals surface area contributed by atoms with Crippen LogP contribution in [0.2, 0.25) is 0 Å². The van der Waals surface area contributed by atoms with Crippen molar-refractivity contribution in [1.29, 1.82) is 0 Å². The molecule has 24 heavy (non-hydrogen) atoms. The highest BCUT2D eigenvalue weighted by atomic mass is 32.1. The van der Waals surface area contributed by atoms with Crippen LogP contribution in [0, 0.1) is 10.1 Å². The second kappa shape index (κ2) is 7.11. The number of nitro groups is 1. The first-order valence-corrected chi connectivity index (χ1v) is 8.42. The average molecular weight is 358 g/mol. The van der Waals surface area contributed by atoms with Gasteiger partial charge in [-0.15, -0.1) is 21.5 Å². The van der Waals surface area contributed by atoms with Gasteiger partial charge in [0, 0.05) is 28.6 Å². The van der Waals surface area contributed by atoms with Crippen LogP contribution >= 0.6 is 22.7 Å². The van der Waals surface area contributed by atoms with Crippen molar-refractivity contribution in [2.45, 2.75) is 0 Å². The van der Waals surface area contributed by atoms with Gasteiger partial charge in [0.05, 0.1) is 4.92 Å². The first-order chi connectivity index (χ1) is 11.6. The Hall–Kier alpha value is -2.91. The van der Waals surface area contributed by atoms with Crippen LogP contribution in [-0.4, -0.2) is 21.0 Å². The van der Waals surface area contributed by atoms with Gasteiger partial charge in [0.15, 0.2) is 0 Å². The van der Waals surface area contributed by atoms with E-state index in [9.17, 15) is 14.9 Å². The van der Waals surface area contributed by atoms with E-state index in [-0.39, 0.29) is 11.6 Å². The van der Waals surface area contributed by atoms with Gasteiger partial charge in [-0.05, 0) is 29.7 Å². The highest BCUT2D eigenvalue weighted by Gasteiger charge is 2.10. The molecule has 1 N–H and O–H groups in total. The number of carbonyl (C=O) groups is 1. The molecule has 0 aliphatic rings. The van der Waals surface area contributed by atoms with Crippen molar-refractivity contribution in [1.82, 2.24) is 10.2 Å². The standard InChI is InChI=1S/C15H10N4O3S2/c20-13(8-7-12-2-1-9-23-12)16-15-18-17-14(24-15)10-3-5-11(6-4-10)19(21)22/h1-9H,(H,16,18,20)/b8-7+. The minimum Gasteiger partial charge on any atom is -0.297 e. The van der Waals surface area contributed by atoms with Gasteiger partial charge in [-0.25, -0.2) is 0 Å². The summed E-state index contributed by atoms with van der Waals surface area (Å²) in [5, 5.41) is 24.0. The number of anilines is 1. The second-order valence-electron chi connectivity index (χ2n) is 4.55. The van der Waals surface area contributed by atoms with Gasteiger partial charge in [-0.1, -0.05) is 17.4 Å². The smallest absolute Gasteiger partial charge is 0.269 e. The lowest BCUT2D eigenvalue weighted by Gasteiger charge is -1.95. The summed E-state index contributed by atoms with van der Waals surface area (Å²) in [4.78, 5) is 23.0. The van der Waals surface area contributed by atoms with Gasteiger partial charge in [-0.3, -0.25) is 20.2 Å². The molecule has 0 atom stereocenters. The molecule has 0 spiro atoms. The first-order valence-electron chi connectivity index (χ1n) is 6.73. The van der Waals surface area contributed by atoms with Gasteiger partial charge >= 0.3 is 0 Å². The van der Waals surface area contributed by atoms with Crippen molar-refractivity contribution in [3.63, 3.8) is 0 Å². The fourth-order valence-electron chi connectivity index (χ4n) is 1.81. The Labute approximate surface area is 144 Å². The number of nitrogens with one attached hydrogen (secondary N) is 1. The Bertz CT molecular complexity index is 886. The van der Waals surface area contributed by atoms with Crippen LogP contribution in [-0.2, 0) is 4.79 Å². The third-order valence-corrected chi connectivity index (χ3v) is 4.65. The van der Waals surface area contributed by atoms with Crippen LogP contribution in [0.3, 0.4) is 0 Å². The zero-order valence-corrected chi connectivity index (χ0v) is 13.7. The summed E-state index contributed by atoms with van der Waals surface area (Å²) in [5.41, 5.74) is 0.711. The van der Waals surface area contributed by atoms with Crippen molar-refractivity contribution in [2.24, 2.45) is 0 Å². The molecule has 0 saturated heterocycles. The third kappa shape index (κ3) is 3.89. The molecular weight excluding hydrogens is 348 g/mol. The average Bonchev–Trinajstić information content (AvgIpc) is 3.25. The van der Waals surface area contributed by atoms with Gasteiger partial charge in [0.1, 0.15) is 5.01 Å². The van der Waals surface area contributed by atoms with Crippen LogP contribution in [0.5, 0.6) is 0 Å². The lowest BCUT2D eigenvalue weighted by atomic mass is 10.2. The summed E-state index contributed by atoms with van der Waals surface area (Å²) < 4.78 is 0. The summed E-state index contributed by atoms with van der Waals surface area (Å²) in [6.07, 6.45) is 3.15. The normalized spacial score (nSPS) is 10.8. The number of aromatic nitrogens is 2. The molecule has 0 saturated carbocycles. The van der Waals surface area contributed by atoms with Crippen LogP contribution in [0.15, 0.2) is 47.9 Å². The van der Waals surface area contributed by atoms with E-state index in [1.54, 1.807) is 18.2 Å². The lowest BCUT2D eigenvalue weighted by Crippen LogP contribution is -2.07. The molecule has 120 valence electrons. The zero-order chi connectivity index (χ0) is 16.9. The third-order valence-electron chi connectivity index (χ3n) is 2.92. The van der Waals surface area contributed by atoms with Crippen molar-refractivity contribution < 1.29 is 9.72 Å². The largest absolute Gasteiger partial charge is 0.297 e. The molecule has 3 aromatic rings. The molecule has 0 unspecified atom stereocenters. The number of rotatable bonds is 5. The lowest BCUT2D eigenvalue weighted by molar-refractivity contribution is -0.384. The van der Waals surface area contributed by atoms with Crippen molar-refractivity contribution in [3.8, 4) is 10.6 Å². The van der Waals surface area contributed by atoms with Gasteiger partial charge < -0.3 is 0 Å². The molecular formula is C15H10N4O3S2. The van der Waals surface area contributed by atoms with E-state index in [0.29, 0.717) is 15.7 Å². The van der Waals surface area contributed by atoms with Crippen molar-refractivity contribution in [3.05, 3.63) is 62.8 Å². The van der Waals surface area contributed by atoms with Crippen LogP contribution in [0.4, 0.5) is 10.8 Å². The molecule has 1 amide bonds. The molecule has 0 aliphatic carbocycles. The van der Waals surface area contributed by atoms with Crippen molar-refractivity contribution in [2.75, 3.05) is 5.32 Å². The van der Waals surface area contributed by atoms with Crippen LogP contribution in [0.1, 0.15) is 4.88 Å². The van der Waals surface area contributed by atoms with E-state index in [0.717, 1.165) is 4.88 Å². The van der Waals surface area contributed by atoms with E-state index in [1.165, 1.54) is 40.9 Å². The molecule has 7 nitrogen and oxygen atoms in total. The second-order valence-corrected chi connectivity index (χ2v) is 6.51. The molecule has 2 aromatic heterocycles. The number of nitrogens with zero attached hydrogens (tertiary/aromatic N) is 3. The predicted octanol–water partition coefficient (Wildman–Crippen LogP) is 3.83. The molecule has 0 fully saturated rings.